The van der Waals surface area contributed by atoms with Gasteiger partial charge in [-0.1, -0.05) is 11.6 Å². The van der Waals surface area contributed by atoms with E-state index in [0.29, 0.717) is 22.1 Å². The Morgan fingerprint density at radius 3 is 2.47 bits per heavy atom. The van der Waals surface area contributed by atoms with Crippen molar-refractivity contribution >= 4 is 28.9 Å². The Kier molecular flexibility index (Phi) is 3.25. The van der Waals surface area contributed by atoms with Gasteiger partial charge in [0.2, 0.25) is 0 Å². The van der Waals surface area contributed by atoms with Gasteiger partial charge < -0.3 is 11.1 Å². The maximum absolute atomic E-state index is 11.8. The summed E-state index contributed by atoms with van der Waals surface area (Å²) in [7, 11) is 0. The van der Waals surface area contributed by atoms with E-state index in [0.717, 1.165) is 0 Å². The van der Waals surface area contributed by atoms with E-state index in [1.807, 2.05) is 0 Å². The van der Waals surface area contributed by atoms with Gasteiger partial charge in [0, 0.05) is 10.7 Å². The van der Waals surface area contributed by atoms with Crippen LogP contribution in [0.5, 0.6) is 0 Å². The molecule has 1 heterocycles. The second kappa shape index (κ2) is 4.84. The average molecular weight is 248 g/mol. The largest absolute Gasteiger partial charge is 0.397 e. The van der Waals surface area contributed by atoms with E-state index in [1.54, 1.807) is 36.4 Å². The Bertz CT molecular complexity index is 522. The number of nitrogens with two attached hydrogens (primary N) is 1. The van der Waals surface area contributed by atoms with Crippen LogP contribution in [0, 0.1) is 0 Å². The van der Waals surface area contributed by atoms with Crippen LogP contribution >= 0.6 is 11.6 Å². The molecule has 86 valence electrons. The van der Waals surface area contributed by atoms with Crippen LogP contribution in [0.3, 0.4) is 0 Å². The van der Waals surface area contributed by atoms with E-state index in [-0.39, 0.29) is 5.91 Å². The highest BCUT2D eigenvalue weighted by molar-refractivity contribution is 6.30. The van der Waals surface area contributed by atoms with E-state index in [2.05, 4.69) is 10.3 Å². The smallest absolute Gasteiger partial charge is 0.274 e. The van der Waals surface area contributed by atoms with Crippen molar-refractivity contribution in [3.63, 3.8) is 0 Å². The molecule has 0 aliphatic rings. The number of anilines is 2. The van der Waals surface area contributed by atoms with E-state index >= 15 is 0 Å². The standard InChI is InChI=1S/C12H10ClN3O/c13-8-1-4-10(5-2-8)16-12(17)11-6-3-9(14)7-15-11/h1-7H,14H2,(H,16,17). The Morgan fingerprint density at radius 2 is 1.88 bits per heavy atom. The van der Waals surface area contributed by atoms with E-state index < -0.39 is 0 Å². The van der Waals surface area contributed by atoms with Crippen molar-refractivity contribution in [1.82, 2.24) is 4.98 Å². The summed E-state index contributed by atoms with van der Waals surface area (Å²) in [5.41, 5.74) is 6.99. The molecule has 0 aliphatic carbocycles. The molecule has 0 aliphatic heterocycles. The van der Waals surface area contributed by atoms with Gasteiger partial charge in [-0.05, 0) is 36.4 Å². The Balaban J connectivity index is 2.11. The van der Waals surface area contributed by atoms with Crippen molar-refractivity contribution < 1.29 is 4.79 Å². The molecule has 2 aromatic rings. The number of nitrogen functional groups attached to an aromatic ring is 1. The third-order valence-electron chi connectivity index (χ3n) is 2.12. The predicted molar refractivity (Wildman–Crippen MR) is 68.1 cm³/mol. The van der Waals surface area contributed by atoms with Crippen molar-refractivity contribution in [1.29, 1.82) is 0 Å². The number of halogens is 1. The fourth-order valence-electron chi connectivity index (χ4n) is 1.27. The minimum atomic E-state index is -0.285. The molecular formula is C12H10ClN3O. The molecule has 5 heteroatoms. The number of hydrogen-bond donors (Lipinski definition) is 2. The summed E-state index contributed by atoms with van der Waals surface area (Å²) in [5.74, 6) is -0.285. The molecule has 1 amide bonds. The molecule has 3 N–H and O–H groups in total. The molecule has 0 radical (unpaired) electrons. The van der Waals surface area contributed by atoms with Crippen LogP contribution in [0.15, 0.2) is 42.6 Å². The number of nitrogens with one attached hydrogen (secondary N) is 1. The summed E-state index contributed by atoms with van der Waals surface area (Å²) in [6, 6.07) is 10.0. The lowest BCUT2D eigenvalue weighted by Crippen LogP contribution is -2.13. The molecular weight excluding hydrogens is 238 g/mol. The Hall–Kier alpha value is -2.07. The lowest BCUT2D eigenvalue weighted by atomic mass is 10.3. The molecule has 0 spiro atoms. The van der Waals surface area contributed by atoms with Crippen LogP contribution in [0.1, 0.15) is 10.5 Å². The number of aromatic nitrogens is 1. The number of hydrogen-bond acceptors (Lipinski definition) is 3. The fourth-order valence-corrected chi connectivity index (χ4v) is 1.39. The van der Waals surface area contributed by atoms with Crippen LogP contribution in [0.2, 0.25) is 5.02 Å². The summed E-state index contributed by atoms with van der Waals surface area (Å²) in [4.78, 5) is 15.7. The zero-order chi connectivity index (χ0) is 12.3. The molecule has 0 fully saturated rings. The minimum absolute atomic E-state index is 0.285. The summed E-state index contributed by atoms with van der Waals surface area (Å²) < 4.78 is 0. The number of benzene rings is 1. The van der Waals surface area contributed by atoms with E-state index in [4.69, 9.17) is 17.3 Å². The van der Waals surface area contributed by atoms with E-state index in [1.165, 1.54) is 6.20 Å². The normalized spacial score (nSPS) is 9.94. The zero-order valence-electron chi connectivity index (χ0n) is 8.85. The third-order valence-corrected chi connectivity index (χ3v) is 2.37. The quantitative estimate of drug-likeness (QED) is 0.857. The van der Waals surface area contributed by atoms with E-state index in [9.17, 15) is 4.79 Å². The number of pyridine rings is 1. The van der Waals surface area contributed by atoms with Gasteiger partial charge in [-0.3, -0.25) is 4.79 Å². The van der Waals surface area contributed by atoms with Gasteiger partial charge >= 0.3 is 0 Å². The first-order valence-electron chi connectivity index (χ1n) is 4.93. The van der Waals surface area contributed by atoms with Gasteiger partial charge in [0.15, 0.2) is 0 Å². The van der Waals surface area contributed by atoms with Crippen molar-refractivity contribution in [3.8, 4) is 0 Å². The van der Waals surface area contributed by atoms with Gasteiger partial charge in [0.1, 0.15) is 5.69 Å². The van der Waals surface area contributed by atoms with Crippen LogP contribution < -0.4 is 11.1 Å². The van der Waals surface area contributed by atoms with Gasteiger partial charge in [-0.15, -0.1) is 0 Å². The van der Waals surface area contributed by atoms with Crippen molar-refractivity contribution in [2.24, 2.45) is 0 Å². The molecule has 0 saturated heterocycles. The molecule has 1 aromatic heterocycles. The Morgan fingerprint density at radius 1 is 1.18 bits per heavy atom. The molecule has 0 saturated carbocycles. The predicted octanol–water partition coefficient (Wildman–Crippen LogP) is 2.57. The highest BCUT2D eigenvalue weighted by Crippen LogP contribution is 2.14. The van der Waals surface area contributed by atoms with Gasteiger partial charge in [-0.25, -0.2) is 4.98 Å². The molecule has 0 bridgehead atoms. The van der Waals surface area contributed by atoms with Crippen molar-refractivity contribution in [3.05, 3.63) is 53.3 Å². The lowest BCUT2D eigenvalue weighted by molar-refractivity contribution is 0.102. The van der Waals surface area contributed by atoms with Gasteiger partial charge in [0.25, 0.3) is 5.91 Å². The van der Waals surface area contributed by atoms with Crippen molar-refractivity contribution in [2.75, 3.05) is 11.1 Å². The fraction of sp³-hybridized carbons (Fsp3) is 0. The molecule has 2 rings (SSSR count). The molecule has 1 aromatic carbocycles. The van der Waals surface area contributed by atoms with Crippen LogP contribution in [0.25, 0.3) is 0 Å². The topological polar surface area (TPSA) is 68.0 Å². The van der Waals surface area contributed by atoms with Crippen LogP contribution in [0.4, 0.5) is 11.4 Å². The maximum atomic E-state index is 11.8. The number of rotatable bonds is 2. The van der Waals surface area contributed by atoms with Crippen LogP contribution in [-0.4, -0.2) is 10.9 Å². The summed E-state index contributed by atoms with van der Waals surface area (Å²) >= 11 is 5.74. The van der Waals surface area contributed by atoms with Crippen molar-refractivity contribution in [2.45, 2.75) is 0 Å². The number of carbonyl (C=O) groups is 1. The van der Waals surface area contributed by atoms with Gasteiger partial charge in [-0.2, -0.15) is 0 Å². The summed E-state index contributed by atoms with van der Waals surface area (Å²) in [6.45, 7) is 0. The summed E-state index contributed by atoms with van der Waals surface area (Å²) in [6.07, 6.45) is 1.44. The Labute approximate surface area is 103 Å². The second-order valence-corrected chi connectivity index (χ2v) is 3.87. The molecule has 0 atom stereocenters. The first kappa shape index (κ1) is 11.4. The molecule has 4 nitrogen and oxygen atoms in total. The SMILES string of the molecule is Nc1ccc(C(=O)Nc2ccc(Cl)cc2)nc1. The highest BCUT2D eigenvalue weighted by Gasteiger charge is 2.06. The molecule has 17 heavy (non-hydrogen) atoms. The van der Waals surface area contributed by atoms with Gasteiger partial charge in [0.05, 0.1) is 11.9 Å². The number of amides is 1. The third kappa shape index (κ3) is 2.95. The monoisotopic (exact) mass is 247 g/mol. The highest BCUT2D eigenvalue weighted by atomic mass is 35.5. The lowest BCUT2D eigenvalue weighted by Gasteiger charge is -2.04. The number of nitrogens with zero attached hydrogens (tertiary/aromatic N) is 1. The number of carbonyl (C=O) groups excluding carboxylic acids is 1. The zero-order valence-corrected chi connectivity index (χ0v) is 9.61. The summed E-state index contributed by atoms with van der Waals surface area (Å²) in [5, 5.41) is 3.32. The average Bonchev–Trinajstić information content (AvgIpc) is 2.33. The second-order valence-electron chi connectivity index (χ2n) is 3.44. The minimum Gasteiger partial charge on any atom is -0.397 e. The van der Waals surface area contributed by atoms with Crippen LogP contribution in [-0.2, 0) is 0 Å². The maximum Gasteiger partial charge on any atom is 0.274 e. The molecule has 0 unspecified atom stereocenters. The first-order chi connectivity index (χ1) is 8.15. The first-order valence-corrected chi connectivity index (χ1v) is 5.31.